The fourth-order valence-electron chi connectivity index (χ4n) is 2.58. The first-order valence-electron chi connectivity index (χ1n) is 7.50. The monoisotopic (exact) mass is 421 g/mol. The number of furan rings is 1. The Kier molecular flexibility index (Phi) is 4.27. The van der Waals surface area contributed by atoms with Gasteiger partial charge in [-0.1, -0.05) is 16.8 Å². The van der Waals surface area contributed by atoms with Crippen molar-refractivity contribution in [2.45, 2.75) is 6.04 Å². The third-order valence-electron chi connectivity index (χ3n) is 3.80. The predicted molar refractivity (Wildman–Crippen MR) is 98.1 cm³/mol. The number of methoxy groups -OCH3 is 1. The first-order valence-corrected chi connectivity index (χ1v) is 8.67. The molecule has 0 aliphatic carbocycles. The van der Waals surface area contributed by atoms with Gasteiger partial charge in [-0.05, 0) is 46.3 Å². The summed E-state index contributed by atoms with van der Waals surface area (Å²) in [6.07, 6.45) is 0. The summed E-state index contributed by atoms with van der Waals surface area (Å²) in [6, 6.07) is 11.0. The van der Waals surface area contributed by atoms with E-state index in [0.29, 0.717) is 29.0 Å². The average Bonchev–Trinajstić information content (AvgIpc) is 3.05. The molecule has 0 saturated carbocycles. The van der Waals surface area contributed by atoms with E-state index in [1.54, 1.807) is 13.2 Å². The molecule has 1 N–H and O–H groups in total. The minimum absolute atomic E-state index is 0.185. The number of pyridine rings is 1. The van der Waals surface area contributed by atoms with E-state index in [9.17, 15) is 0 Å². The molecule has 4 rings (SSSR count). The van der Waals surface area contributed by atoms with Gasteiger partial charge in [0.1, 0.15) is 29.7 Å². The highest BCUT2D eigenvalue weighted by Gasteiger charge is 2.24. The van der Waals surface area contributed by atoms with Gasteiger partial charge in [0.05, 0.1) is 11.6 Å². The quantitative estimate of drug-likeness (QED) is 0.682. The number of amidine groups is 1. The van der Waals surface area contributed by atoms with Gasteiger partial charge < -0.3 is 19.3 Å². The molecule has 2 aromatic heterocycles. The number of benzene rings is 1. The molecule has 0 saturated heterocycles. The van der Waals surface area contributed by atoms with E-state index in [-0.39, 0.29) is 6.04 Å². The molecule has 6 nitrogen and oxygen atoms in total. The number of nitrogens with one attached hydrogen (secondary N) is 1. The van der Waals surface area contributed by atoms with E-state index in [4.69, 9.17) is 25.6 Å². The molecular weight excluding hydrogens is 410 g/mol. The number of halogens is 2. The molecule has 0 spiro atoms. The molecule has 0 amide bonds. The maximum atomic E-state index is 6.01. The number of ether oxygens (including phenoxy) is 1. The summed E-state index contributed by atoms with van der Waals surface area (Å²) < 4.78 is 11.9. The van der Waals surface area contributed by atoms with Crippen LogP contribution in [-0.2, 0) is 4.84 Å². The summed E-state index contributed by atoms with van der Waals surface area (Å²) in [5.41, 5.74) is 1.35. The lowest BCUT2D eigenvalue weighted by Crippen LogP contribution is -2.36. The van der Waals surface area contributed by atoms with Crippen molar-refractivity contribution in [2.75, 3.05) is 13.7 Å². The number of hydrogen-bond donors (Lipinski definition) is 1. The Morgan fingerprint density at radius 1 is 1.28 bits per heavy atom. The molecule has 1 unspecified atom stereocenters. The second kappa shape index (κ2) is 6.57. The van der Waals surface area contributed by atoms with Gasteiger partial charge in [-0.2, -0.15) is 0 Å². The van der Waals surface area contributed by atoms with Crippen LogP contribution < -0.4 is 10.1 Å². The van der Waals surface area contributed by atoms with Crippen LogP contribution >= 0.6 is 27.5 Å². The second-order valence-electron chi connectivity index (χ2n) is 5.45. The molecule has 1 aliphatic heterocycles. The zero-order chi connectivity index (χ0) is 17.4. The Labute approximate surface area is 156 Å². The van der Waals surface area contributed by atoms with Gasteiger partial charge in [0.15, 0.2) is 5.84 Å². The van der Waals surface area contributed by atoms with E-state index in [1.807, 2.05) is 30.3 Å². The van der Waals surface area contributed by atoms with E-state index in [1.165, 1.54) is 0 Å². The van der Waals surface area contributed by atoms with Crippen molar-refractivity contribution in [3.8, 4) is 5.88 Å². The first kappa shape index (κ1) is 16.2. The fraction of sp³-hybridized carbons (Fsp3) is 0.176. The number of oxime groups is 1. The van der Waals surface area contributed by atoms with E-state index < -0.39 is 0 Å². The Hall–Kier alpha value is -2.25. The highest BCUT2D eigenvalue weighted by atomic mass is 79.9. The molecule has 1 aliphatic rings. The molecule has 1 aromatic carbocycles. The van der Waals surface area contributed by atoms with E-state index in [0.717, 1.165) is 21.2 Å². The van der Waals surface area contributed by atoms with Gasteiger partial charge >= 0.3 is 0 Å². The van der Waals surface area contributed by atoms with Crippen LogP contribution in [0.3, 0.4) is 0 Å². The SMILES string of the molecule is COc1nc(C2=NOCC(c3cc4ccc(Cl)cc4o3)N2)ccc1Br. The Morgan fingerprint density at radius 2 is 2.16 bits per heavy atom. The van der Waals surface area contributed by atoms with E-state index in [2.05, 4.69) is 31.4 Å². The van der Waals surface area contributed by atoms with Gasteiger partial charge in [0.2, 0.25) is 5.88 Å². The maximum absolute atomic E-state index is 6.01. The largest absolute Gasteiger partial charge is 0.480 e. The van der Waals surface area contributed by atoms with Crippen LogP contribution in [-0.4, -0.2) is 24.5 Å². The number of aromatic nitrogens is 1. The lowest BCUT2D eigenvalue weighted by molar-refractivity contribution is 0.103. The van der Waals surface area contributed by atoms with Gasteiger partial charge in [-0.15, -0.1) is 0 Å². The standard InChI is InChI=1S/C17H13BrClN3O3/c1-23-17-11(18)4-5-12(21-17)16-20-13(8-24-22-16)15-6-9-2-3-10(19)7-14(9)25-15/h2-7,13H,8H2,1H3,(H,20,22). The van der Waals surface area contributed by atoms with Crippen LogP contribution in [0.15, 0.2) is 50.4 Å². The summed E-state index contributed by atoms with van der Waals surface area (Å²) in [5, 5.41) is 8.97. The van der Waals surface area contributed by atoms with Crippen LogP contribution in [0.4, 0.5) is 0 Å². The summed E-state index contributed by atoms with van der Waals surface area (Å²) >= 11 is 9.40. The molecule has 0 radical (unpaired) electrons. The van der Waals surface area contributed by atoms with Crippen molar-refractivity contribution in [1.29, 1.82) is 0 Å². The number of hydrogen-bond acceptors (Lipinski definition) is 6. The van der Waals surface area contributed by atoms with Crippen molar-refractivity contribution in [2.24, 2.45) is 5.16 Å². The molecule has 25 heavy (non-hydrogen) atoms. The van der Waals surface area contributed by atoms with Gasteiger partial charge in [0, 0.05) is 16.5 Å². The summed E-state index contributed by atoms with van der Waals surface area (Å²) in [5.74, 6) is 1.73. The molecule has 3 heterocycles. The Balaban J connectivity index is 1.62. The zero-order valence-electron chi connectivity index (χ0n) is 13.1. The molecule has 3 aromatic rings. The molecule has 8 heteroatoms. The average molecular weight is 423 g/mol. The molecular formula is C17H13BrClN3O3. The van der Waals surface area contributed by atoms with Gasteiger partial charge in [-0.3, -0.25) is 0 Å². The smallest absolute Gasteiger partial charge is 0.228 e. The lowest BCUT2D eigenvalue weighted by Gasteiger charge is -2.22. The van der Waals surface area contributed by atoms with Crippen molar-refractivity contribution < 1.29 is 14.0 Å². The summed E-state index contributed by atoms with van der Waals surface area (Å²) in [4.78, 5) is 9.78. The minimum Gasteiger partial charge on any atom is -0.480 e. The summed E-state index contributed by atoms with van der Waals surface area (Å²) in [6.45, 7) is 0.352. The Bertz CT molecular complexity index is 973. The van der Waals surface area contributed by atoms with Crippen molar-refractivity contribution >= 4 is 44.3 Å². The molecule has 1 atom stereocenters. The number of nitrogens with zero attached hydrogens (tertiary/aromatic N) is 2. The van der Waals surface area contributed by atoms with Crippen LogP contribution in [0.25, 0.3) is 11.0 Å². The van der Waals surface area contributed by atoms with Crippen LogP contribution in [0.2, 0.25) is 5.02 Å². The van der Waals surface area contributed by atoms with Gasteiger partial charge in [-0.25, -0.2) is 4.98 Å². The van der Waals surface area contributed by atoms with Crippen molar-refractivity contribution in [3.05, 3.63) is 57.3 Å². The normalized spacial score (nSPS) is 16.9. The predicted octanol–water partition coefficient (Wildman–Crippen LogP) is 4.28. The topological polar surface area (TPSA) is 68.9 Å². The first-order chi connectivity index (χ1) is 12.1. The minimum atomic E-state index is -0.185. The third kappa shape index (κ3) is 3.17. The second-order valence-corrected chi connectivity index (χ2v) is 6.74. The fourth-order valence-corrected chi connectivity index (χ4v) is 3.12. The Morgan fingerprint density at radius 3 is 3.00 bits per heavy atom. The lowest BCUT2D eigenvalue weighted by atomic mass is 10.2. The highest BCUT2D eigenvalue weighted by molar-refractivity contribution is 9.10. The molecule has 0 bridgehead atoms. The maximum Gasteiger partial charge on any atom is 0.228 e. The van der Waals surface area contributed by atoms with Gasteiger partial charge in [0.25, 0.3) is 0 Å². The third-order valence-corrected chi connectivity index (χ3v) is 4.64. The summed E-state index contributed by atoms with van der Waals surface area (Å²) in [7, 11) is 1.56. The number of rotatable bonds is 3. The zero-order valence-corrected chi connectivity index (χ0v) is 15.5. The van der Waals surface area contributed by atoms with Crippen LogP contribution in [0.5, 0.6) is 5.88 Å². The molecule has 0 fully saturated rings. The van der Waals surface area contributed by atoms with Crippen LogP contribution in [0.1, 0.15) is 17.5 Å². The van der Waals surface area contributed by atoms with Crippen molar-refractivity contribution in [3.63, 3.8) is 0 Å². The highest BCUT2D eigenvalue weighted by Crippen LogP contribution is 2.28. The molecule has 128 valence electrons. The van der Waals surface area contributed by atoms with Crippen LogP contribution in [0, 0.1) is 0 Å². The van der Waals surface area contributed by atoms with Crippen molar-refractivity contribution in [1.82, 2.24) is 10.3 Å². The van der Waals surface area contributed by atoms with E-state index >= 15 is 0 Å². The number of fused-ring (bicyclic) bond motifs is 1.